The highest BCUT2D eigenvalue weighted by atomic mass is 79.9. The summed E-state index contributed by atoms with van der Waals surface area (Å²) in [5.74, 6) is 0.922. The van der Waals surface area contributed by atoms with Crippen LogP contribution in [0.5, 0.6) is 11.5 Å². The first kappa shape index (κ1) is 20.8. The number of hydrazone groups is 1. The summed E-state index contributed by atoms with van der Waals surface area (Å²) in [6.45, 7) is 6.04. The van der Waals surface area contributed by atoms with E-state index < -0.39 is 0 Å². The topological polar surface area (TPSA) is 63.2 Å². The lowest BCUT2D eigenvalue weighted by molar-refractivity contribution is -0.123. The predicted octanol–water partition coefficient (Wildman–Crippen LogP) is 3.83. The second-order valence-electron chi connectivity index (χ2n) is 5.64. The van der Waals surface area contributed by atoms with E-state index in [1.54, 1.807) is 31.5 Å². The lowest BCUT2D eigenvalue weighted by Crippen LogP contribution is -2.24. The van der Waals surface area contributed by atoms with E-state index in [1.807, 2.05) is 24.3 Å². The number of nitrogens with zero attached hydrogens (tertiary/aromatic N) is 2. The number of methoxy groups -OCH3 is 1. The van der Waals surface area contributed by atoms with Gasteiger partial charge in [-0.2, -0.15) is 5.10 Å². The summed E-state index contributed by atoms with van der Waals surface area (Å²) in [5.41, 5.74) is 4.53. The summed E-state index contributed by atoms with van der Waals surface area (Å²) < 4.78 is 11.3. The van der Waals surface area contributed by atoms with Crippen LogP contribution in [0.3, 0.4) is 0 Å². The Morgan fingerprint density at radius 2 is 1.89 bits per heavy atom. The molecule has 0 aromatic heterocycles. The summed E-state index contributed by atoms with van der Waals surface area (Å²) in [4.78, 5) is 14.1. The molecule has 0 saturated carbocycles. The normalized spacial score (nSPS) is 10.7. The third-order valence-electron chi connectivity index (χ3n) is 3.92. The molecule has 0 aliphatic rings. The van der Waals surface area contributed by atoms with E-state index in [0.717, 1.165) is 18.7 Å². The number of nitrogens with one attached hydrogen (secondary N) is 1. The van der Waals surface area contributed by atoms with E-state index in [2.05, 4.69) is 45.2 Å². The molecule has 2 rings (SSSR count). The highest BCUT2D eigenvalue weighted by Gasteiger charge is 2.06. The molecule has 0 radical (unpaired) electrons. The molecule has 27 heavy (non-hydrogen) atoms. The molecule has 6 nitrogen and oxygen atoms in total. The molecule has 2 aromatic carbocycles. The van der Waals surface area contributed by atoms with Gasteiger partial charge in [-0.25, -0.2) is 5.43 Å². The fourth-order valence-electron chi connectivity index (χ4n) is 2.44. The molecule has 0 fully saturated rings. The Bertz CT molecular complexity index is 775. The smallest absolute Gasteiger partial charge is 0.277 e. The fraction of sp³-hybridized carbons (Fsp3) is 0.300. The average Bonchev–Trinajstić information content (AvgIpc) is 2.69. The molecule has 0 aliphatic heterocycles. The average molecular weight is 434 g/mol. The third kappa shape index (κ3) is 6.29. The molecule has 0 spiro atoms. The highest BCUT2D eigenvalue weighted by Crippen LogP contribution is 2.28. The maximum Gasteiger partial charge on any atom is 0.277 e. The van der Waals surface area contributed by atoms with Crippen molar-refractivity contribution in [2.75, 3.05) is 31.7 Å². The Balaban J connectivity index is 1.83. The van der Waals surface area contributed by atoms with Crippen molar-refractivity contribution in [1.82, 2.24) is 5.43 Å². The number of carbonyl (C=O) groups is 1. The van der Waals surface area contributed by atoms with Gasteiger partial charge in [0, 0.05) is 18.8 Å². The second kappa shape index (κ2) is 10.6. The molecule has 0 aliphatic carbocycles. The van der Waals surface area contributed by atoms with Crippen LogP contribution >= 0.6 is 15.9 Å². The van der Waals surface area contributed by atoms with Gasteiger partial charge in [-0.15, -0.1) is 0 Å². The largest absolute Gasteiger partial charge is 0.497 e. The van der Waals surface area contributed by atoms with Crippen LogP contribution in [-0.4, -0.2) is 38.9 Å². The number of amides is 1. The Morgan fingerprint density at radius 1 is 1.19 bits per heavy atom. The fourth-order valence-corrected chi connectivity index (χ4v) is 2.91. The number of benzene rings is 2. The molecule has 0 unspecified atom stereocenters. The van der Waals surface area contributed by atoms with E-state index in [1.165, 1.54) is 5.69 Å². The molecule has 144 valence electrons. The minimum Gasteiger partial charge on any atom is -0.497 e. The quantitative estimate of drug-likeness (QED) is 0.481. The lowest BCUT2D eigenvalue weighted by Gasteiger charge is -2.20. The molecule has 1 amide bonds. The van der Waals surface area contributed by atoms with Crippen LogP contribution in [0.4, 0.5) is 5.69 Å². The summed E-state index contributed by atoms with van der Waals surface area (Å²) in [5, 5.41) is 3.97. The molecule has 2 aromatic rings. The van der Waals surface area contributed by atoms with Gasteiger partial charge in [-0.1, -0.05) is 12.1 Å². The highest BCUT2D eigenvalue weighted by molar-refractivity contribution is 9.10. The first-order valence-electron chi connectivity index (χ1n) is 8.70. The van der Waals surface area contributed by atoms with Gasteiger partial charge in [0.1, 0.15) is 11.5 Å². The Labute approximate surface area is 168 Å². The van der Waals surface area contributed by atoms with Gasteiger partial charge >= 0.3 is 0 Å². The van der Waals surface area contributed by atoms with E-state index in [-0.39, 0.29) is 12.5 Å². The predicted molar refractivity (Wildman–Crippen MR) is 112 cm³/mol. The molecule has 1 N–H and O–H groups in total. The standard InChI is InChI=1S/C20H24BrN3O3/c1-4-24(5-2)16-8-6-15(7-9-16)13-22-23-20(25)14-27-19-11-10-17(26-3)12-18(19)21/h6-13H,4-5,14H2,1-3H3,(H,23,25)/b22-13+. The summed E-state index contributed by atoms with van der Waals surface area (Å²) in [7, 11) is 1.59. The summed E-state index contributed by atoms with van der Waals surface area (Å²) in [6, 6.07) is 13.3. The second-order valence-corrected chi connectivity index (χ2v) is 6.50. The molecule has 7 heteroatoms. The molecule has 0 saturated heterocycles. The van der Waals surface area contributed by atoms with Crippen LogP contribution in [0.15, 0.2) is 52.0 Å². The van der Waals surface area contributed by atoms with Crippen LogP contribution in [0.1, 0.15) is 19.4 Å². The van der Waals surface area contributed by atoms with Crippen molar-refractivity contribution in [3.63, 3.8) is 0 Å². The van der Waals surface area contributed by atoms with Crippen LogP contribution in [-0.2, 0) is 4.79 Å². The SMILES string of the molecule is CCN(CC)c1ccc(/C=N/NC(=O)COc2ccc(OC)cc2Br)cc1. The van der Waals surface area contributed by atoms with Crippen molar-refractivity contribution in [2.45, 2.75) is 13.8 Å². The molecule has 0 atom stereocenters. The minimum atomic E-state index is -0.339. The van der Waals surface area contributed by atoms with Gasteiger partial charge in [0.2, 0.25) is 0 Å². The Hall–Kier alpha value is -2.54. The van der Waals surface area contributed by atoms with Gasteiger partial charge in [0.25, 0.3) is 5.91 Å². The molecular weight excluding hydrogens is 410 g/mol. The van der Waals surface area contributed by atoms with Crippen molar-refractivity contribution in [2.24, 2.45) is 5.10 Å². The number of hydrogen-bond acceptors (Lipinski definition) is 5. The number of ether oxygens (including phenoxy) is 2. The van der Waals surface area contributed by atoms with Crippen molar-refractivity contribution in [1.29, 1.82) is 0 Å². The maximum atomic E-state index is 11.9. The number of carbonyl (C=O) groups excluding carboxylic acids is 1. The number of hydrogen-bond donors (Lipinski definition) is 1. The van der Waals surface area contributed by atoms with Gasteiger partial charge < -0.3 is 14.4 Å². The monoisotopic (exact) mass is 433 g/mol. The lowest BCUT2D eigenvalue weighted by atomic mass is 10.2. The van der Waals surface area contributed by atoms with E-state index >= 15 is 0 Å². The zero-order chi connectivity index (χ0) is 19.6. The van der Waals surface area contributed by atoms with Gasteiger partial charge in [0.15, 0.2) is 6.61 Å². The Kier molecular flexibility index (Phi) is 8.13. The van der Waals surface area contributed by atoms with E-state index in [9.17, 15) is 4.79 Å². The minimum absolute atomic E-state index is 0.136. The third-order valence-corrected chi connectivity index (χ3v) is 4.54. The van der Waals surface area contributed by atoms with Crippen LogP contribution < -0.4 is 19.8 Å². The van der Waals surface area contributed by atoms with Crippen LogP contribution in [0, 0.1) is 0 Å². The number of rotatable bonds is 9. The van der Waals surface area contributed by atoms with Crippen molar-refractivity contribution < 1.29 is 14.3 Å². The van der Waals surface area contributed by atoms with Gasteiger partial charge in [0.05, 0.1) is 17.8 Å². The number of anilines is 1. The van der Waals surface area contributed by atoms with Gasteiger partial charge in [-0.3, -0.25) is 4.79 Å². The maximum absolute atomic E-state index is 11.9. The summed E-state index contributed by atoms with van der Waals surface area (Å²) in [6.07, 6.45) is 1.60. The van der Waals surface area contributed by atoms with E-state index in [0.29, 0.717) is 16.0 Å². The number of halogens is 1. The first-order valence-corrected chi connectivity index (χ1v) is 9.49. The van der Waals surface area contributed by atoms with Crippen molar-refractivity contribution >= 4 is 33.7 Å². The van der Waals surface area contributed by atoms with Crippen molar-refractivity contribution in [3.8, 4) is 11.5 Å². The first-order chi connectivity index (χ1) is 13.1. The Morgan fingerprint density at radius 3 is 2.48 bits per heavy atom. The van der Waals surface area contributed by atoms with Crippen LogP contribution in [0.25, 0.3) is 0 Å². The van der Waals surface area contributed by atoms with E-state index in [4.69, 9.17) is 9.47 Å². The molecule has 0 bridgehead atoms. The van der Waals surface area contributed by atoms with Crippen molar-refractivity contribution in [3.05, 3.63) is 52.5 Å². The zero-order valence-electron chi connectivity index (χ0n) is 15.7. The summed E-state index contributed by atoms with van der Waals surface area (Å²) >= 11 is 3.38. The van der Waals surface area contributed by atoms with Gasteiger partial charge in [-0.05, 0) is 65.7 Å². The van der Waals surface area contributed by atoms with Crippen LogP contribution in [0.2, 0.25) is 0 Å². The molecule has 0 heterocycles. The zero-order valence-corrected chi connectivity index (χ0v) is 17.3. The molecular formula is C20H24BrN3O3.